The van der Waals surface area contributed by atoms with Crippen molar-refractivity contribution in [2.45, 2.75) is 20.3 Å². The lowest BCUT2D eigenvalue weighted by Gasteiger charge is -2.25. The molecule has 0 saturated heterocycles. The second-order valence-electron chi connectivity index (χ2n) is 4.32. The smallest absolute Gasteiger partial charge is 0.0738 e. The largest absolute Gasteiger partial charge is 0.396 e. The average molecular weight is 276 g/mol. The summed E-state index contributed by atoms with van der Waals surface area (Å²) in [5.74, 6) is 0. The Bertz CT molecular complexity index is 345. The van der Waals surface area contributed by atoms with Crippen LogP contribution in [-0.4, -0.2) is 28.0 Å². The van der Waals surface area contributed by atoms with Gasteiger partial charge in [-0.2, -0.15) is 5.10 Å². The Morgan fingerprint density at radius 1 is 1.60 bits per heavy atom. The summed E-state index contributed by atoms with van der Waals surface area (Å²) in [6.07, 6.45) is 0.720. The van der Waals surface area contributed by atoms with Gasteiger partial charge >= 0.3 is 0 Å². The van der Waals surface area contributed by atoms with Gasteiger partial charge in [0.2, 0.25) is 0 Å². The summed E-state index contributed by atoms with van der Waals surface area (Å²) in [5.41, 5.74) is 7.43. The van der Waals surface area contributed by atoms with Crippen LogP contribution in [-0.2, 0) is 13.5 Å². The van der Waals surface area contributed by atoms with Crippen molar-refractivity contribution in [3.05, 3.63) is 15.9 Å². The molecule has 3 N–H and O–H groups in total. The second-order valence-corrected chi connectivity index (χ2v) is 5.11. The van der Waals surface area contributed by atoms with E-state index in [4.69, 9.17) is 5.73 Å². The molecule has 0 aliphatic heterocycles. The molecule has 1 rings (SSSR count). The Balaban J connectivity index is 2.98. The number of hydrogen-bond acceptors (Lipinski definition) is 3. The van der Waals surface area contributed by atoms with Gasteiger partial charge in [-0.1, -0.05) is 6.92 Å². The van der Waals surface area contributed by atoms with Crippen LogP contribution in [0.4, 0.5) is 0 Å². The molecule has 1 atom stereocenters. The fourth-order valence-corrected chi connectivity index (χ4v) is 1.95. The van der Waals surface area contributed by atoms with Gasteiger partial charge in [0.25, 0.3) is 0 Å². The lowest BCUT2D eigenvalue weighted by Crippen LogP contribution is -2.34. The Morgan fingerprint density at radius 3 is 2.53 bits per heavy atom. The van der Waals surface area contributed by atoms with Crippen LogP contribution in [0.15, 0.2) is 4.47 Å². The number of aryl methyl sites for hydroxylation is 2. The lowest BCUT2D eigenvalue weighted by atomic mass is 9.86. The standard InChI is InChI=1S/C10H18BrN3O/c1-7-9(11)8(14(3)13-7)4-10(2,5-12)6-15/h15H,4-6,12H2,1-3H3. The van der Waals surface area contributed by atoms with Crippen LogP contribution in [0.25, 0.3) is 0 Å². The van der Waals surface area contributed by atoms with E-state index in [1.807, 2.05) is 25.6 Å². The Kier molecular flexibility index (Phi) is 3.92. The number of hydrogen-bond donors (Lipinski definition) is 2. The van der Waals surface area contributed by atoms with Crippen molar-refractivity contribution in [1.82, 2.24) is 9.78 Å². The number of rotatable bonds is 4. The molecule has 1 aromatic heterocycles. The summed E-state index contributed by atoms with van der Waals surface area (Å²) in [6, 6.07) is 0. The summed E-state index contributed by atoms with van der Waals surface area (Å²) >= 11 is 3.51. The predicted molar refractivity (Wildman–Crippen MR) is 63.6 cm³/mol. The first kappa shape index (κ1) is 12.7. The molecule has 0 aromatic carbocycles. The average Bonchev–Trinajstić information content (AvgIpc) is 2.45. The van der Waals surface area contributed by atoms with Gasteiger partial charge < -0.3 is 10.8 Å². The van der Waals surface area contributed by atoms with Crippen molar-refractivity contribution >= 4 is 15.9 Å². The maximum absolute atomic E-state index is 9.31. The van der Waals surface area contributed by atoms with E-state index in [0.717, 1.165) is 22.3 Å². The zero-order valence-corrected chi connectivity index (χ0v) is 11.0. The molecule has 0 bridgehead atoms. The number of nitrogens with two attached hydrogens (primary N) is 1. The molecule has 0 fully saturated rings. The summed E-state index contributed by atoms with van der Waals surface area (Å²) < 4.78 is 2.85. The molecule has 0 radical (unpaired) electrons. The molecule has 86 valence electrons. The van der Waals surface area contributed by atoms with E-state index in [0.29, 0.717) is 6.54 Å². The minimum absolute atomic E-state index is 0.0835. The fourth-order valence-electron chi connectivity index (χ4n) is 1.47. The van der Waals surface area contributed by atoms with Crippen molar-refractivity contribution < 1.29 is 5.11 Å². The second kappa shape index (κ2) is 4.63. The van der Waals surface area contributed by atoms with E-state index < -0.39 is 0 Å². The van der Waals surface area contributed by atoms with E-state index in [9.17, 15) is 5.11 Å². The molecule has 0 aliphatic carbocycles. The highest BCUT2D eigenvalue weighted by Gasteiger charge is 2.25. The molecule has 4 nitrogen and oxygen atoms in total. The van der Waals surface area contributed by atoms with Crippen LogP contribution >= 0.6 is 15.9 Å². The van der Waals surface area contributed by atoms with Crippen molar-refractivity contribution in [3.63, 3.8) is 0 Å². The quantitative estimate of drug-likeness (QED) is 0.862. The van der Waals surface area contributed by atoms with Crippen molar-refractivity contribution in [1.29, 1.82) is 0 Å². The van der Waals surface area contributed by atoms with Gasteiger partial charge in [-0.15, -0.1) is 0 Å². The van der Waals surface area contributed by atoms with Gasteiger partial charge in [-0.3, -0.25) is 4.68 Å². The van der Waals surface area contributed by atoms with Crippen LogP contribution in [0.1, 0.15) is 18.3 Å². The number of aliphatic hydroxyl groups is 1. The zero-order valence-electron chi connectivity index (χ0n) is 9.42. The first-order valence-corrected chi connectivity index (χ1v) is 5.72. The lowest BCUT2D eigenvalue weighted by molar-refractivity contribution is 0.147. The van der Waals surface area contributed by atoms with Gasteiger partial charge in [-0.25, -0.2) is 0 Å². The number of nitrogens with zero attached hydrogens (tertiary/aromatic N) is 2. The maximum atomic E-state index is 9.31. The van der Waals surface area contributed by atoms with E-state index in [2.05, 4.69) is 21.0 Å². The molecule has 1 aromatic rings. The van der Waals surface area contributed by atoms with Crippen molar-refractivity contribution in [2.24, 2.45) is 18.2 Å². The van der Waals surface area contributed by atoms with E-state index in [1.54, 1.807) is 0 Å². The summed E-state index contributed by atoms with van der Waals surface area (Å²) in [4.78, 5) is 0. The van der Waals surface area contributed by atoms with E-state index >= 15 is 0 Å². The number of aliphatic hydroxyl groups excluding tert-OH is 1. The molecule has 0 saturated carbocycles. The van der Waals surface area contributed by atoms with Crippen LogP contribution < -0.4 is 5.73 Å². The first-order valence-electron chi connectivity index (χ1n) is 4.92. The topological polar surface area (TPSA) is 64.1 Å². The maximum Gasteiger partial charge on any atom is 0.0738 e. The first-order chi connectivity index (χ1) is 6.93. The third kappa shape index (κ3) is 2.59. The molecular formula is C10H18BrN3O. The zero-order chi connectivity index (χ0) is 11.6. The minimum Gasteiger partial charge on any atom is -0.396 e. The Labute approximate surface area is 98.6 Å². The normalized spacial score (nSPS) is 15.3. The highest BCUT2D eigenvalue weighted by Crippen LogP contribution is 2.27. The van der Waals surface area contributed by atoms with E-state index in [1.165, 1.54) is 0 Å². The summed E-state index contributed by atoms with van der Waals surface area (Å²) in [5, 5.41) is 13.6. The van der Waals surface area contributed by atoms with Crippen LogP contribution in [0.5, 0.6) is 0 Å². The van der Waals surface area contributed by atoms with Crippen LogP contribution in [0.3, 0.4) is 0 Å². The molecule has 0 spiro atoms. The van der Waals surface area contributed by atoms with Crippen molar-refractivity contribution in [2.75, 3.05) is 13.2 Å². The molecule has 0 amide bonds. The molecule has 15 heavy (non-hydrogen) atoms. The van der Waals surface area contributed by atoms with Gasteiger partial charge in [0.1, 0.15) is 0 Å². The van der Waals surface area contributed by atoms with Gasteiger partial charge in [0.05, 0.1) is 22.5 Å². The SMILES string of the molecule is Cc1nn(C)c(CC(C)(CN)CO)c1Br. The van der Waals surface area contributed by atoms with Crippen LogP contribution in [0.2, 0.25) is 0 Å². The highest BCUT2D eigenvalue weighted by molar-refractivity contribution is 9.10. The van der Waals surface area contributed by atoms with E-state index in [-0.39, 0.29) is 12.0 Å². The third-order valence-corrected chi connectivity index (χ3v) is 3.76. The molecule has 0 aliphatic rings. The fraction of sp³-hybridized carbons (Fsp3) is 0.700. The summed E-state index contributed by atoms with van der Waals surface area (Å²) in [7, 11) is 1.90. The van der Waals surface area contributed by atoms with Gasteiger partial charge in [0, 0.05) is 19.0 Å². The number of aromatic nitrogens is 2. The van der Waals surface area contributed by atoms with Gasteiger partial charge in [-0.05, 0) is 29.3 Å². The summed E-state index contributed by atoms with van der Waals surface area (Å²) in [6.45, 7) is 4.47. The van der Waals surface area contributed by atoms with Crippen LogP contribution in [0, 0.1) is 12.3 Å². The third-order valence-electron chi connectivity index (χ3n) is 2.73. The highest BCUT2D eigenvalue weighted by atomic mass is 79.9. The molecule has 5 heteroatoms. The Morgan fingerprint density at radius 2 is 2.20 bits per heavy atom. The minimum atomic E-state index is -0.275. The predicted octanol–water partition coefficient (Wildman–Crippen LogP) is 0.991. The molecule has 1 heterocycles. The monoisotopic (exact) mass is 275 g/mol. The Hall–Kier alpha value is -0.390. The molecule has 1 unspecified atom stereocenters. The van der Waals surface area contributed by atoms with Gasteiger partial charge in [0.15, 0.2) is 0 Å². The molecular weight excluding hydrogens is 258 g/mol. The number of halogens is 1. The van der Waals surface area contributed by atoms with Crippen molar-refractivity contribution in [3.8, 4) is 0 Å².